The van der Waals surface area contributed by atoms with Crippen LogP contribution >= 0.6 is 0 Å². The van der Waals surface area contributed by atoms with Gasteiger partial charge in [-0.1, -0.05) is 13.8 Å². The number of anilines is 2. The quantitative estimate of drug-likeness (QED) is 0.864. The highest BCUT2D eigenvalue weighted by Gasteiger charge is 2.28. The molecule has 1 aromatic heterocycles. The van der Waals surface area contributed by atoms with Crippen molar-refractivity contribution in [2.45, 2.75) is 33.0 Å². The Morgan fingerprint density at radius 2 is 2.11 bits per heavy atom. The molecule has 5 nitrogen and oxygen atoms in total. The Morgan fingerprint density at radius 1 is 1.47 bits per heavy atom. The summed E-state index contributed by atoms with van der Waals surface area (Å²) in [6.45, 7) is 3.23. The lowest BCUT2D eigenvalue weighted by Crippen LogP contribution is -2.22. The van der Waals surface area contributed by atoms with Crippen LogP contribution in [-0.4, -0.2) is 22.5 Å². The minimum Gasteiger partial charge on any atom is -0.383 e. The average molecular weight is 275 g/mol. The number of halogens is 3. The van der Waals surface area contributed by atoms with Gasteiger partial charge in [0, 0.05) is 6.54 Å². The topological polar surface area (TPSA) is 79.7 Å². The fourth-order valence-corrected chi connectivity index (χ4v) is 1.44. The van der Waals surface area contributed by atoms with Gasteiger partial charge in [0.25, 0.3) is 0 Å². The van der Waals surface area contributed by atoms with E-state index in [1.54, 1.807) is 6.07 Å². The molecule has 0 fully saturated rings. The molecule has 1 aromatic rings. The van der Waals surface area contributed by atoms with Crippen molar-refractivity contribution < 1.29 is 13.2 Å². The molecular weight excluding hydrogens is 259 g/mol. The standard InChI is InChI=1S/C11H16F3N5/c1-7(2)3-4-19-9(16)8(5-15)10(18-19)17-6-11(12,13)14/h7H,3-4,6,16H2,1-2H3,(H,17,18). The number of nitrogens with one attached hydrogen (secondary N) is 1. The molecule has 0 saturated heterocycles. The smallest absolute Gasteiger partial charge is 0.383 e. The molecule has 0 unspecified atom stereocenters. The van der Waals surface area contributed by atoms with Crippen molar-refractivity contribution in [2.75, 3.05) is 17.6 Å². The van der Waals surface area contributed by atoms with E-state index in [2.05, 4.69) is 10.4 Å². The van der Waals surface area contributed by atoms with Gasteiger partial charge in [-0.25, -0.2) is 4.68 Å². The van der Waals surface area contributed by atoms with Crippen LogP contribution < -0.4 is 11.1 Å². The Hall–Kier alpha value is -1.91. The first-order valence-electron chi connectivity index (χ1n) is 5.81. The SMILES string of the molecule is CC(C)CCn1nc(NCC(F)(F)F)c(C#N)c1N. The lowest BCUT2D eigenvalue weighted by Gasteiger charge is -2.07. The maximum atomic E-state index is 12.1. The lowest BCUT2D eigenvalue weighted by molar-refractivity contribution is -0.115. The van der Waals surface area contributed by atoms with E-state index in [1.807, 2.05) is 13.8 Å². The zero-order valence-electron chi connectivity index (χ0n) is 10.8. The molecular formula is C11H16F3N5. The Balaban J connectivity index is 2.87. The Morgan fingerprint density at radius 3 is 2.58 bits per heavy atom. The second-order valence-electron chi connectivity index (χ2n) is 4.60. The van der Waals surface area contributed by atoms with Crippen LogP contribution in [-0.2, 0) is 6.54 Å². The van der Waals surface area contributed by atoms with E-state index in [-0.39, 0.29) is 17.2 Å². The molecule has 0 aromatic carbocycles. The second-order valence-corrected chi connectivity index (χ2v) is 4.60. The molecule has 1 rings (SSSR count). The molecule has 3 N–H and O–H groups in total. The number of nitrogens with zero attached hydrogens (tertiary/aromatic N) is 3. The zero-order chi connectivity index (χ0) is 14.6. The highest BCUT2D eigenvalue weighted by atomic mass is 19.4. The van der Waals surface area contributed by atoms with Gasteiger partial charge in [0.1, 0.15) is 24.0 Å². The Kier molecular flexibility index (Phi) is 4.64. The van der Waals surface area contributed by atoms with Gasteiger partial charge >= 0.3 is 6.18 Å². The van der Waals surface area contributed by atoms with Crippen LogP contribution in [0.2, 0.25) is 0 Å². The molecule has 0 aliphatic heterocycles. The fraction of sp³-hybridized carbons (Fsp3) is 0.636. The monoisotopic (exact) mass is 275 g/mol. The molecule has 0 amide bonds. The summed E-state index contributed by atoms with van der Waals surface area (Å²) >= 11 is 0. The predicted octanol–water partition coefficient (Wildman–Crippen LogP) is 2.36. The lowest BCUT2D eigenvalue weighted by atomic mass is 10.1. The molecule has 0 aliphatic carbocycles. The molecule has 0 aliphatic rings. The molecule has 1 heterocycles. The number of rotatable bonds is 5. The van der Waals surface area contributed by atoms with Crippen molar-refractivity contribution in [1.29, 1.82) is 5.26 Å². The zero-order valence-corrected chi connectivity index (χ0v) is 10.8. The van der Waals surface area contributed by atoms with Gasteiger partial charge in [-0.05, 0) is 12.3 Å². The number of hydrogen-bond donors (Lipinski definition) is 2. The summed E-state index contributed by atoms with van der Waals surface area (Å²) in [5, 5.41) is 14.9. The van der Waals surface area contributed by atoms with Gasteiger partial charge in [-0.3, -0.25) is 0 Å². The molecule has 0 bridgehead atoms. The van der Waals surface area contributed by atoms with E-state index < -0.39 is 12.7 Å². The van der Waals surface area contributed by atoms with Gasteiger partial charge in [-0.2, -0.15) is 23.5 Å². The van der Waals surface area contributed by atoms with Crippen molar-refractivity contribution in [3.05, 3.63) is 5.56 Å². The third-order valence-corrected chi connectivity index (χ3v) is 2.48. The predicted molar refractivity (Wildman–Crippen MR) is 65.4 cm³/mol. The van der Waals surface area contributed by atoms with Gasteiger partial charge in [0.15, 0.2) is 5.82 Å². The van der Waals surface area contributed by atoms with Crippen LogP contribution in [0.1, 0.15) is 25.8 Å². The maximum Gasteiger partial charge on any atom is 0.405 e. The average Bonchev–Trinajstić information content (AvgIpc) is 2.59. The Labute approximate surface area is 109 Å². The van der Waals surface area contributed by atoms with E-state index in [0.717, 1.165) is 6.42 Å². The van der Waals surface area contributed by atoms with Gasteiger partial charge < -0.3 is 11.1 Å². The highest BCUT2D eigenvalue weighted by Crippen LogP contribution is 2.23. The number of alkyl halides is 3. The van der Waals surface area contributed by atoms with Crippen molar-refractivity contribution in [1.82, 2.24) is 9.78 Å². The van der Waals surface area contributed by atoms with Crippen molar-refractivity contribution in [2.24, 2.45) is 5.92 Å². The molecule has 0 atom stereocenters. The minimum atomic E-state index is -4.37. The minimum absolute atomic E-state index is 0.0481. The number of aryl methyl sites for hydroxylation is 1. The molecule has 106 valence electrons. The van der Waals surface area contributed by atoms with Gasteiger partial charge in [0.05, 0.1) is 0 Å². The number of hydrogen-bond acceptors (Lipinski definition) is 4. The van der Waals surface area contributed by atoms with E-state index >= 15 is 0 Å². The molecule has 0 radical (unpaired) electrons. The normalized spacial score (nSPS) is 11.6. The highest BCUT2D eigenvalue weighted by molar-refractivity contribution is 5.63. The third kappa shape index (κ3) is 4.35. The summed E-state index contributed by atoms with van der Waals surface area (Å²) in [6, 6.07) is 1.77. The summed E-state index contributed by atoms with van der Waals surface area (Å²) < 4.78 is 37.7. The first-order valence-corrected chi connectivity index (χ1v) is 5.81. The van der Waals surface area contributed by atoms with Crippen molar-refractivity contribution in [3.8, 4) is 6.07 Å². The maximum absolute atomic E-state index is 12.1. The number of nitrogens with two attached hydrogens (primary N) is 1. The van der Waals surface area contributed by atoms with Gasteiger partial charge in [0.2, 0.25) is 0 Å². The van der Waals surface area contributed by atoms with Crippen molar-refractivity contribution in [3.63, 3.8) is 0 Å². The summed E-state index contributed by atoms with van der Waals surface area (Å²) in [4.78, 5) is 0. The summed E-state index contributed by atoms with van der Waals surface area (Å²) in [7, 11) is 0. The van der Waals surface area contributed by atoms with Gasteiger partial charge in [-0.15, -0.1) is 0 Å². The number of aromatic nitrogens is 2. The summed E-state index contributed by atoms with van der Waals surface area (Å²) in [6.07, 6.45) is -3.60. The van der Waals surface area contributed by atoms with Crippen LogP contribution in [0.4, 0.5) is 24.8 Å². The van der Waals surface area contributed by atoms with E-state index in [1.165, 1.54) is 4.68 Å². The van der Waals surface area contributed by atoms with Crippen LogP contribution in [0.15, 0.2) is 0 Å². The van der Waals surface area contributed by atoms with Crippen molar-refractivity contribution >= 4 is 11.6 Å². The fourth-order valence-electron chi connectivity index (χ4n) is 1.44. The van der Waals surface area contributed by atoms with Crippen LogP contribution in [0, 0.1) is 17.2 Å². The largest absolute Gasteiger partial charge is 0.405 e. The first-order chi connectivity index (χ1) is 8.74. The van der Waals surface area contributed by atoms with E-state index in [9.17, 15) is 13.2 Å². The summed E-state index contributed by atoms with van der Waals surface area (Å²) in [5.74, 6) is 0.370. The van der Waals surface area contributed by atoms with E-state index in [0.29, 0.717) is 12.5 Å². The molecule has 0 saturated carbocycles. The second kappa shape index (κ2) is 5.82. The van der Waals surface area contributed by atoms with Crippen LogP contribution in [0.5, 0.6) is 0 Å². The molecule has 8 heteroatoms. The van der Waals surface area contributed by atoms with Crippen LogP contribution in [0.3, 0.4) is 0 Å². The first kappa shape index (κ1) is 15.1. The number of nitrogen functional groups attached to an aromatic ring is 1. The molecule has 19 heavy (non-hydrogen) atoms. The summed E-state index contributed by atoms with van der Waals surface area (Å²) in [5.41, 5.74) is 5.65. The van der Waals surface area contributed by atoms with Crippen LogP contribution in [0.25, 0.3) is 0 Å². The Bertz CT molecular complexity index is 470. The third-order valence-electron chi connectivity index (χ3n) is 2.48. The van der Waals surface area contributed by atoms with E-state index in [4.69, 9.17) is 11.0 Å². The molecule has 0 spiro atoms. The number of nitriles is 1.